The van der Waals surface area contributed by atoms with E-state index in [1.54, 1.807) is 24.3 Å². The Bertz CT molecular complexity index is 773. The van der Waals surface area contributed by atoms with E-state index in [4.69, 9.17) is 5.73 Å². The van der Waals surface area contributed by atoms with Gasteiger partial charge in [0.25, 0.3) is 5.69 Å². The van der Waals surface area contributed by atoms with Crippen LogP contribution in [0.25, 0.3) is 0 Å². The third kappa shape index (κ3) is 3.67. The van der Waals surface area contributed by atoms with E-state index in [1.165, 1.54) is 18.2 Å². The summed E-state index contributed by atoms with van der Waals surface area (Å²) < 4.78 is 26.8. The van der Waals surface area contributed by atoms with Gasteiger partial charge < -0.3 is 5.73 Å². The second-order valence-corrected chi connectivity index (χ2v) is 6.31. The normalized spacial score (nSPS) is 11.3. The third-order valence-corrected chi connectivity index (χ3v) is 4.53. The van der Waals surface area contributed by atoms with Crippen LogP contribution in [0.3, 0.4) is 0 Å². The summed E-state index contributed by atoms with van der Waals surface area (Å²) in [7, 11) is -3.97. The summed E-state index contributed by atoms with van der Waals surface area (Å²) in [5.41, 5.74) is 6.71. The van der Waals surface area contributed by atoms with Gasteiger partial charge in [0.15, 0.2) is 4.90 Å². The van der Waals surface area contributed by atoms with Crippen LogP contribution < -0.4 is 10.5 Å². The molecule has 0 unspecified atom stereocenters. The number of sulfonamides is 1. The minimum absolute atomic E-state index is 0.0409. The first-order chi connectivity index (χ1) is 10.4. The van der Waals surface area contributed by atoms with Crippen LogP contribution in [-0.4, -0.2) is 13.3 Å². The van der Waals surface area contributed by atoms with Crippen molar-refractivity contribution in [3.8, 4) is 0 Å². The molecule has 22 heavy (non-hydrogen) atoms. The predicted octanol–water partition coefficient (Wildman–Crippen LogP) is 1.53. The fourth-order valence-electron chi connectivity index (χ4n) is 1.88. The van der Waals surface area contributed by atoms with Gasteiger partial charge in [0, 0.05) is 19.2 Å². The number of benzene rings is 2. The van der Waals surface area contributed by atoms with Crippen LogP contribution in [0, 0.1) is 10.1 Å². The van der Waals surface area contributed by atoms with Gasteiger partial charge in [0.1, 0.15) is 0 Å². The van der Waals surface area contributed by atoms with Crippen LogP contribution in [-0.2, 0) is 23.1 Å². The Balaban J connectivity index is 2.19. The Kier molecular flexibility index (Phi) is 4.86. The van der Waals surface area contributed by atoms with Crippen molar-refractivity contribution in [3.05, 3.63) is 69.8 Å². The molecule has 0 heterocycles. The molecule has 0 bridgehead atoms. The SMILES string of the molecule is NCc1ccc(CNS(=O)(=O)c2ccccc2[N+](=O)[O-])cc1. The van der Waals surface area contributed by atoms with Crippen LogP contribution in [0.15, 0.2) is 53.4 Å². The van der Waals surface area contributed by atoms with E-state index in [0.29, 0.717) is 6.54 Å². The highest BCUT2D eigenvalue weighted by atomic mass is 32.2. The summed E-state index contributed by atoms with van der Waals surface area (Å²) >= 11 is 0. The lowest BCUT2D eigenvalue weighted by Gasteiger charge is -2.08. The highest BCUT2D eigenvalue weighted by Gasteiger charge is 2.24. The Labute approximate surface area is 128 Å². The molecule has 0 aliphatic carbocycles. The van der Waals surface area contributed by atoms with E-state index in [0.717, 1.165) is 17.2 Å². The zero-order chi connectivity index (χ0) is 16.2. The van der Waals surface area contributed by atoms with Gasteiger partial charge in [-0.05, 0) is 17.2 Å². The molecule has 0 atom stereocenters. The van der Waals surface area contributed by atoms with E-state index < -0.39 is 20.6 Å². The minimum Gasteiger partial charge on any atom is -0.326 e. The lowest BCUT2D eigenvalue weighted by molar-refractivity contribution is -0.387. The van der Waals surface area contributed by atoms with Gasteiger partial charge in [0.05, 0.1) is 4.92 Å². The summed E-state index contributed by atoms with van der Waals surface area (Å²) in [4.78, 5) is 9.85. The maximum absolute atomic E-state index is 12.2. The number of rotatable bonds is 6. The van der Waals surface area contributed by atoms with Crippen molar-refractivity contribution in [2.24, 2.45) is 5.73 Å². The summed E-state index contributed by atoms with van der Waals surface area (Å²) in [6.07, 6.45) is 0. The van der Waals surface area contributed by atoms with E-state index >= 15 is 0 Å². The Morgan fingerprint density at radius 1 is 1.05 bits per heavy atom. The first kappa shape index (κ1) is 16.1. The van der Waals surface area contributed by atoms with E-state index in [2.05, 4.69) is 4.72 Å². The second-order valence-electron chi connectivity index (χ2n) is 4.57. The van der Waals surface area contributed by atoms with Crippen molar-refractivity contribution in [1.29, 1.82) is 0 Å². The number of nitrogens with zero attached hydrogens (tertiary/aromatic N) is 1. The Morgan fingerprint density at radius 2 is 1.64 bits per heavy atom. The average molecular weight is 321 g/mol. The predicted molar refractivity (Wildman–Crippen MR) is 81.5 cm³/mol. The highest BCUT2D eigenvalue weighted by molar-refractivity contribution is 7.89. The third-order valence-electron chi connectivity index (χ3n) is 3.08. The van der Waals surface area contributed by atoms with Gasteiger partial charge in [-0.3, -0.25) is 10.1 Å². The molecule has 8 heteroatoms. The van der Waals surface area contributed by atoms with E-state index in [9.17, 15) is 18.5 Å². The topological polar surface area (TPSA) is 115 Å². The molecule has 2 rings (SSSR count). The smallest absolute Gasteiger partial charge is 0.289 e. The van der Waals surface area contributed by atoms with Crippen molar-refractivity contribution in [3.63, 3.8) is 0 Å². The van der Waals surface area contributed by atoms with Crippen molar-refractivity contribution >= 4 is 15.7 Å². The number of para-hydroxylation sites is 1. The first-order valence-electron chi connectivity index (χ1n) is 6.45. The Morgan fingerprint density at radius 3 is 2.23 bits per heavy atom. The summed E-state index contributed by atoms with van der Waals surface area (Å²) in [5, 5.41) is 10.9. The minimum atomic E-state index is -3.97. The average Bonchev–Trinajstić information content (AvgIpc) is 2.53. The lowest BCUT2D eigenvalue weighted by Crippen LogP contribution is -2.24. The van der Waals surface area contributed by atoms with Crippen molar-refractivity contribution in [2.75, 3.05) is 0 Å². The second kappa shape index (κ2) is 6.65. The molecule has 0 spiro atoms. The molecule has 2 aromatic carbocycles. The first-order valence-corrected chi connectivity index (χ1v) is 7.93. The Hall–Kier alpha value is -2.29. The largest absolute Gasteiger partial charge is 0.326 e. The number of nitro benzene ring substituents is 1. The molecule has 0 aliphatic rings. The molecule has 0 aromatic heterocycles. The quantitative estimate of drug-likeness (QED) is 0.618. The van der Waals surface area contributed by atoms with Gasteiger partial charge in [0.2, 0.25) is 10.0 Å². The van der Waals surface area contributed by atoms with Crippen molar-refractivity contribution < 1.29 is 13.3 Å². The maximum atomic E-state index is 12.2. The van der Waals surface area contributed by atoms with Crippen LogP contribution in [0.5, 0.6) is 0 Å². The van der Waals surface area contributed by atoms with Crippen molar-refractivity contribution in [1.82, 2.24) is 4.72 Å². The summed E-state index contributed by atoms with van der Waals surface area (Å²) in [6.45, 7) is 0.446. The molecule has 3 N–H and O–H groups in total. The number of hydrogen-bond donors (Lipinski definition) is 2. The molecule has 116 valence electrons. The molecule has 0 saturated carbocycles. The van der Waals surface area contributed by atoms with E-state index in [1.807, 2.05) is 0 Å². The van der Waals surface area contributed by atoms with Gasteiger partial charge in [-0.1, -0.05) is 36.4 Å². The van der Waals surface area contributed by atoms with Crippen molar-refractivity contribution in [2.45, 2.75) is 18.0 Å². The standard InChI is InChI=1S/C14H15N3O4S/c15-9-11-5-7-12(8-6-11)10-16-22(20,21)14-4-2-1-3-13(14)17(18)19/h1-8,16H,9-10,15H2. The molecular weight excluding hydrogens is 306 g/mol. The summed E-state index contributed by atoms with van der Waals surface area (Å²) in [5.74, 6) is 0. The van der Waals surface area contributed by atoms with Crippen LogP contribution in [0.4, 0.5) is 5.69 Å². The molecular formula is C14H15N3O4S. The van der Waals surface area contributed by atoms with Gasteiger partial charge in [-0.25, -0.2) is 13.1 Å². The molecule has 7 nitrogen and oxygen atoms in total. The molecule has 0 amide bonds. The van der Waals surface area contributed by atoms with Crippen LogP contribution in [0.1, 0.15) is 11.1 Å². The lowest BCUT2D eigenvalue weighted by atomic mass is 10.1. The molecule has 0 saturated heterocycles. The molecule has 0 radical (unpaired) electrons. The number of nitrogens with one attached hydrogen (secondary N) is 1. The number of nitro groups is 1. The van der Waals surface area contributed by atoms with Gasteiger partial charge in [-0.15, -0.1) is 0 Å². The van der Waals surface area contributed by atoms with Crippen LogP contribution >= 0.6 is 0 Å². The van der Waals surface area contributed by atoms with Gasteiger partial charge >= 0.3 is 0 Å². The van der Waals surface area contributed by atoms with Gasteiger partial charge in [-0.2, -0.15) is 0 Å². The number of hydrogen-bond acceptors (Lipinski definition) is 5. The fourth-order valence-corrected chi connectivity index (χ4v) is 3.07. The monoisotopic (exact) mass is 321 g/mol. The molecule has 2 aromatic rings. The van der Waals surface area contributed by atoms with E-state index in [-0.39, 0.29) is 11.4 Å². The molecule has 0 aliphatic heterocycles. The highest BCUT2D eigenvalue weighted by Crippen LogP contribution is 2.22. The number of nitrogens with two attached hydrogens (primary N) is 1. The zero-order valence-corrected chi connectivity index (χ0v) is 12.4. The van der Waals surface area contributed by atoms with Crippen LogP contribution in [0.2, 0.25) is 0 Å². The maximum Gasteiger partial charge on any atom is 0.289 e. The zero-order valence-electron chi connectivity index (χ0n) is 11.6. The fraction of sp³-hybridized carbons (Fsp3) is 0.143. The molecule has 0 fully saturated rings. The summed E-state index contributed by atoms with van der Waals surface area (Å²) in [6, 6.07) is 12.3.